The molecule has 0 aliphatic heterocycles. The van der Waals surface area contributed by atoms with Gasteiger partial charge in [0, 0.05) is 12.1 Å². The van der Waals surface area contributed by atoms with Crippen LogP contribution in [0.1, 0.15) is 25.3 Å². The Kier molecular flexibility index (Phi) is 6.36. The normalized spacial score (nSPS) is 11.1. The van der Waals surface area contributed by atoms with E-state index < -0.39 is 27.5 Å². The molecular formula is C14H19NO5S. The van der Waals surface area contributed by atoms with E-state index in [1.807, 2.05) is 19.1 Å². The molecule has 21 heavy (non-hydrogen) atoms. The zero-order chi connectivity index (χ0) is 15.9. The van der Waals surface area contributed by atoms with Gasteiger partial charge >= 0.3 is 5.97 Å². The molecule has 6 nitrogen and oxygen atoms in total. The Bertz CT molecular complexity index is 592. The van der Waals surface area contributed by atoms with Gasteiger partial charge in [-0.15, -0.1) is 0 Å². The second-order valence-electron chi connectivity index (χ2n) is 4.69. The highest BCUT2D eigenvalue weighted by molar-refractivity contribution is 7.92. The van der Waals surface area contributed by atoms with Crippen LogP contribution in [-0.2, 0) is 25.8 Å². The molecule has 1 aromatic carbocycles. The van der Waals surface area contributed by atoms with Crippen LogP contribution in [0.3, 0.4) is 0 Å². The third-order valence-electron chi connectivity index (χ3n) is 2.84. The van der Waals surface area contributed by atoms with Gasteiger partial charge in [0.1, 0.15) is 5.75 Å². The van der Waals surface area contributed by atoms with Crippen molar-refractivity contribution in [2.45, 2.75) is 26.2 Å². The van der Waals surface area contributed by atoms with E-state index >= 15 is 0 Å². The molecule has 1 aromatic rings. The molecule has 2 N–H and O–H groups in total. The summed E-state index contributed by atoms with van der Waals surface area (Å²) in [5.41, 5.74) is 1.66. The lowest BCUT2D eigenvalue weighted by molar-refractivity contribution is -0.137. The lowest BCUT2D eigenvalue weighted by Crippen LogP contribution is -2.25. The fourth-order valence-corrected chi connectivity index (χ4v) is 2.94. The molecule has 7 heteroatoms. The summed E-state index contributed by atoms with van der Waals surface area (Å²) in [7, 11) is -3.58. The third-order valence-corrected chi connectivity index (χ3v) is 4.46. The van der Waals surface area contributed by atoms with E-state index in [9.17, 15) is 18.0 Å². The van der Waals surface area contributed by atoms with Crippen molar-refractivity contribution >= 4 is 27.4 Å². The van der Waals surface area contributed by atoms with Gasteiger partial charge in [0.05, 0.1) is 5.75 Å². The maximum absolute atomic E-state index is 11.7. The average molecular weight is 313 g/mol. The van der Waals surface area contributed by atoms with Gasteiger partial charge in [0.25, 0.3) is 0 Å². The Morgan fingerprint density at radius 2 is 1.81 bits per heavy atom. The number of aryl methyl sites for hydroxylation is 1. The molecule has 0 fully saturated rings. The van der Waals surface area contributed by atoms with Crippen molar-refractivity contribution in [3.05, 3.63) is 29.8 Å². The molecule has 1 amide bonds. The molecule has 0 heterocycles. The standard InChI is InChI=1S/C14H19NO5S/c1-2-11-5-7-12(8-6-11)15-13(16)10-21(19,20)9-3-4-14(17)18/h5-8H,2-4,9-10H2,1H3,(H,15,16)(H,17,18). The first-order valence-electron chi connectivity index (χ1n) is 6.63. The van der Waals surface area contributed by atoms with Crippen molar-refractivity contribution in [3.8, 4) is 0 Å². The monoisotopic (exact) mass is 313 g/mol. The van der Waals surface area contributed by atoms with Crippen LogP contribution in [-0.4, -0.2) is 36.9 Å². The average Bonchev–Trinajstić information content (AvgIpc) is 2.38. The highest BCUT2D eigenvalue weighted by Crippen LogP contribution is 2.10. The largest absolute Gasteiger partial charge is 0.481 e. The maximum Gasteiger partial charge on any atom is 0.303 e. The Morgan fingerprint density at radius 3 is 2.33 bits per heavy atom. The molecule has 0 aliphatic carbocycles. The van der Waals surface area contributed by atoms with Gasteiger partial charge in [-0.25, -0.2) is 8.42 Å². The van der Waals surface area contributed by atoms with E-state index in [2.05, 4.69) is 5.32 Å². The molecule has 0 saturated carbocycles. The zero-order valence-corrected chi connectivity index (χ0v) is 12.6. The van der Waals surface area contributed by atoms with Crippen molar-refractivity contribution in [3.63, 3.8) is 0 Å². The molecule has 0 bridgehead atoms. The van der Waals surface area contributed by atoms with Gasteiger partial charge in [-0.3, -0.25) is 9.59 Å². The summed E-state index contributed by atoms with van der Waals surface area (Å²) in [5.74, 6) is -2.61. The second kappa shape index (κ2) is 7.78. The summed E-state index contributed by atoms with van der Waals surface area (Å²) in [6, 6.07) is 7.15. The van der Waals surface area contributed by atoms with E-state index in [1.54, 1.807) is 12.1 Å². The van der Waals surface area contributed by atoms with E-state index in [0.717, 1.165) is 12.0 Å². The van der Waals surface area contributed by atoms with Gasteiger partial charge in [0.2, 0.25) is 5.91 Å². The second-order valence-corrected chi connectivity index (χ2v) is 6.87. The number of benzene rings is 1. The number of carboxylic acids is 1. The first kappa shape index (κ1) is 17.2. The Hall–Kier alpha value is -1.89. The van der Waals surface area contributed by atoms with Gasteiger partial charge < -0.3 is 10.4 Å². The summed E-state index contributed by atoms with van der Waals surface area (Å²) in [6.07, 6.45) is 0.668. The smallest absolute Gasteiger partial charge is 0.303 e. The minimum atomic E-state index is -3.58. The third kappa shape index (κ3) is 6.89. The van der Waals surface area contributed by atoms with Gasteiger partial charge in [-0.2, -0.15) is 0 Å². The summed E-state index contributed by atoms with van der Waals surface area (Å²) in [5, 5.41) is 11.0. The first-order valence-corrected chi connectivity index (χ1v) is 8.45. The first-order chi connectivity index (χ1) is 9.82. The van der Waals surface area contributed by atoms with E-state index in [0.29, 0.717) is 5.69 Å². The predicted molar refractivity (Wildman–Crippen MR) is 80.0 cm³/mol. The molecule has 0 saturated heterocycles. The topological polar surface area (TPSA) is 101 Å². The van der Waals surface area contributed by atoms with Crippen molar-refractivity contribution in [2.24, 2.45) is 0 Å². The number of aliphatic carboxylic acids is 1. The van der Waals surface area contributed by atoms with Gasteiger partial charge in [0.15, 0.2) is 9.84 Å². The molecule has 1 rings (SSSR count). The van der Waals surface area contributed by atoms with Crippen LogP contribution < -0.4 is 5.32 Å². The molecule has 0 spiro atoms. The number of carbonyl (C=O) groups excluding carboxylic acids is 1. The highest BCUT2D eigenvalue weighted by atomic mass is 32.2. The van der Waals surface area contributed by atoms with Crippen molar-refractivity contribution in [2.75, 3.05) is 16.8 Å². The minimum absolute atomic E-state index is 0.0101. The molecule has 0 unspecified atom stereocenters. The lowest BCUT2D eigenvalue weighted by atomic mass is 10.1. The van der Waals surface area contributed by atoms with Gasteiger partial charge in [-0.05, 0) is 30.5 Å². The lowest BCUT2D eigenvalue weighted by Gasteiger charge is -2.07. The number of amides is 1. The van der Waals surface area contributed by atoms with Crippen molar-refractivity contribution in [1.82, 2.24) is 0 Å². The molecule has 0 atom stereocenters. The Morgan fingerprint density at radius 1 is 1.19 bits per heavy atom. The summed E-state index contributed by atoms with van der Waals surface area (Å²) in [4.78, 5) is 22.0. The van der Waals surface area contributed by atoms with Crippen molar-refractivity contribution in [1.29, 1.82) is 0 Å². The van der Waals surface area contributed by atoms with Gasteiger partial charge in [-0.1, -0.05) is 19.1 Å². The fourth-order valence-electron chi connectivity index (χ4n) is 1.74. The number of rotatable bonds is 8. The van der Waals surface area contributed by atoms with E-state index in [1.165, 1.54) is 0 Å². The zero-order valence-electron chi connectivity index (χ0n) is 11.8. The number of sulfone groups is 1. The number of anilines is 1. The molecule has 0 radical (unpaired) electrons. The van der Waals surface area contributed by atoms with Crippen LogP contribution in [0.25, 0.3) is 0 Å². The van der Waals surface area contributed by atoms with E-state index in [4.69, 9.17) is 5.11 Å². The molecule has 116 valence electrons. The van der Waals surface area contributed by atoms with E-state index in [-0.39, 0.29) is 18.6 Å². The quantitative estimate of drug-likeness (QED) is 0.757. The fraction of sp³-hybridized carbons (Fsp3) is 0.429. The van der Waals surface area contributed by atoms with Crippen molar-refractivity contribution < 1.29 is 23.1 Å². The minimum Gasteiger partial charge on any atom is -0.481 e. The van der Waals surface area contributed by atoms with Crippen LogP contribution >= 0.6 is 0 Å². The van der Waals surface area contributed by atoms with Crippen LogP contribution in [0.2, 0.25) is 0 Å². The Balaban J connectivity index is 2.49. The number of nitrogens with one attached hydrogen (secondary N) is 1. The van der Waals surface area contributed by atoms with Crippen LogP contribution in [0, 0.1) is 0 Å². The SMILES string of the molecule is CCc1ccc(NC(=O)CS(=O)(=O)CCCC(=O)O)cc1. The van der Waals surface area contributed by atoms with Crippen LogP contribution in [0.5, 0.6) is 0 Å². The molecule has 0 aliphatic rings. The number of hydrogen-bond acceptors (Lipinski definition) is 4. The number of hydrogen-bond donors (Lipinski definition) is 2. The number of carboxylic acid groups (broad SMARTS) is 1. The summed E-state index contributed by atoms with van der Waals surface area (Å²) < 4.78 is 23.3. The predicted octanol–water partition coefficient (Wildman–Crippen LogP) is 1.47. The highest BCUT2D eigenvalue weighted by Gasteiger charge is 2.17. The molecule has 0 aromatic heterocycles. The maximum atomic E-state index is 11.7. The summed E-state index contributed by atoms with van der Waals surface area (Å²) >= 11 is 0. The summed E-state index contributed by atoms with van der Waals surface area (Å²) in [6.45, 7) is 2.01. The molecular weight excluding hydrogens is 294 g/mol. The number of carbonyl (C=O) groups is 2. The Labute approximate surface area is 124 Å². The van der Waals surface area contributed by atoms with Crippen LogP contribution in [0.4, 0.5) is 5.69 Å². The van der Waals surface area contributed by atoms with Crippen LogP contribution in [0.15, 0.2) is 24.3 Å².